The molecule has 0 aromatic heterocycles. The average Bonchev–Trinajstić information content (AvgIpc) is 1.25. The summed E-state index contributed by atoms with van der Waals surface area (Å²) in [7, 11) is -0.667. The highest BCUT2D eigenvalue weighted by Crippen LogP contribution is 1.79. The minimum absolute atomic E-state index is 0.667. The Kier molecular flexibility index (Phi) is 9.48. The molecule has 4 heteroatoms. The topological polar surface area (TPSA) is 37.3 Å². The van der Waals surface area contributed by atoms with Gasteiger partial charge in [0.25, 0.3) is 5.97 Å². The van der Waals surface area contributed by atoms with Crippen LogP contribution in [0.3, 0.4) is 0 Å². The molecule has 2 nitrogen and oxygen atoms in total. The maximum atomic E-state index is 9.00. The van der Waals surface area contributed by atoms with Crippen LogP contribution in [0, 0.1) is 0 Å². The van der Waals surface area contributed by atoms with Crippen LogP contribution in [0.25, 0.3) is 0 Å². The van der Waals surface area contributed by atoms with E-state index in [4.69, 9.17) is 21.0 Å². The van der Waals surface area contributed by atoms with Gasteiger partial charge in [-0.15, -0.1) is 0 Å². The number of carboxylic acids is 1. The summed E-state index contributed by atoms with van der Waals surface area (Å²) in [6.45, 7) is 5.23. The van der Waals surface area contributed by atoms with E-state index in [0.717, 1.165) is 6.92 Å². The molecule has 0 aliphatic rings. The molecule has 8 heavy (non-hydrogen) atoms. The molecule has 0 radical (unpaired) electrons. The number of carboxylic acid groups (broad SMARTS) is 1. The number of hydrogen-bond acceptors (Lipinski definition) is 1. The van der Waals surface area contributed by atoms with Crippen molar-refractivity contribution in [3.05, 3.63) is 0 Å². The molecule has 0 aromatic rings. The quantitative estimate of drug-likeness (QED) is 0.422. The summed E-state index contributed by atoms with van der Waals surface area (Å²) in [5.41, 5.74) is 0. The van der Waals surface area contributed by atoms with E-state index in [1.165, 1.54) is 0 Å². The molecule has 0 atom stereocenters. The summed E-state index contributed by atoms with van der Waals surface area (Å²) in [5, 5.41) is 7.42. The first-order valence-electron chi connectivity index (χ1n) is 2.30. The van der Waals surface area contributed by atoms with Gasteiger partial charge in [-0.25, -0.2) is 0 Å². The number of carbonyl (C=O) groups is 1. The number of halogens is 1. The van der Waals surface area contributed by atoms with Gasteiger partial charge in [0.2, 0.25) is 0 Å². The second-order valence-electron chi connectivity index (χ2n) is 1.53. The fraction of sp³-hybridized carbons (Fsp3) is 0.750. The molecule has 0 aliphatic heterocycles. The van der Waals surface area contributed by atoms with Gasteiger partial charge in [-0.05, 0) is 0 Å². The van der Waals surface area contributed by atoms with Crippen molar-refractivity contribution < 1.29 is 9.90 Å². The van der Waals surface area contributed by atoms with Crippen molar-refractivity contribution in [3.8, 4) is 0 Å². The molecule has 0 amide bonds. The van der Waals surface area contributed by atoms with Crippen molar-refractivity contribution >= 4 is 25.2 Å². The Morgan fingerprint density at radius 1 is 1.62 bits per heavy atom. The molecule has 0 saturated heterocycles. The summed E-state index contributed by atoms with van der Waals surface area (Å²) in [5.74, 6) is -0.833. The monoisotopic (exact) mass is 154 g/mol. The van der Waals surface area contributed by atoms with Crippen LogP contribution in [0.15, 0.2) is 0 Å². The molecule has 0 fully saturated rings. The number of hydrogen-bond donors (Lipinski definition) is 1. The first-order valence-corrected chi connectivity index (χ1v) is 6.36. The summed E-state index contributed by atoms with van der Waals surface area (Å²) in [4.78, 5) is 9.00. The fourth-order valence-electron chi connectivity index (χ4n) is 0. The Labute approximate surface area is 55.8 Å². The van der Waals surface area contributed by atoms with Gasteiger partial charge < -0.3 is 5.11 Å². The van der Waals surface area contributed by atoms with Crippen molar-refractivity contribution in [1.29, 1.82) is 0 Å². The van der Waals surface area contributed by atoms with Crippen LogP contribution in [0.2, 0.25) is 13.1 Å². The first-order chi connectivity index (χ1) is 3.46. The maximum absolute atomic E-state index is 9.00. The number of rotatable bonds is 0. The second-order valence-corrected chi connectivity index (χ2v) is 6.18. The van der Waals surface area contributed by atoms with Gasteiger partial charge in [0.1, 0.15) is 8.11 Å². The predicted octanol–water partition coefficient (Wildman–Crippen LogP) is 1.30. The molecule has 50 valence electrons. The van der Waals surface area contributed by atoms with Crippen LogP contribution in [0.1, 0.15) is 6.92 Å². The standard InChI is InChI=1S/C2H7ClSi.C2H4O2/c1-4(2)3;1-2(3)4/h4H,1-2H3;1H3,(H,3,4). The lowest BCUT2D eigenvalue weighted by Crippen LogP contribution is -1.78. The van der Waals surface area contributed by atoms with Crippen LogP contribution < -0.4 is 0 Å². The van der Waals surface area contributed by atoms with Gasteiger partial charge in [-0.2, -0.15) is 11.1 Å². The minimum atomic E-state index is -0.833. The van der Waals surface area contributed by atoms with Gasteiger partial charge >= 0.3 is 0 Å². The Morgan fingerprint density at radius 3 is 1.62 bits per heavy atom. The van der Waals surface area contributed by atoms with Gasteiger partial charge in [-0.3, -0.25) is 4.79 Å². The zero-order valence-electron chi connectivity index (χ0n) is 5.31. The lowest BCUT2D eigenvalue weighted by Gasteiger charge is -1.72. The van der Waals surface area contributed by atoms with Gasteiger partial charge in [0, 0.05) is 6.92 Å². The zero-order chi connectivity index (χ0) is 7.15. The Hall–Kier alpha value is -0.0231. The third-order valence-corrected chi connectivity index (χ3v) is 0. The zero-order valence-corrected chi connectivity index (χ0v) is 7.22. The lowest BCUT2D eigenvalue weighted by atomic mass is 10.9. The Morgan fingerprint density at radius 2 is 1.62 bits per heavy atom. The van der Waals surface area contributed by atoms with E-state index in [1.54, 1.807) is 0 Å². The first kappa shape index (κ1) is 10.9. The largest absolute Gasteiger partial charge is 0.481 e. The van der Waals surface area contributed by atoms with Crippen molar-refractivity contribution in [3.63, 3.8) is 0 Å². The summed E-state index contributed by atoms with van der Waals surface area (Å²) >= 11 is 5.41. The molecule has 0 aromatic carbocycles. The SMILES string of the molecule is CC(=O)O.C[SiH](C)Cl. The summed E-state index contributed by atoms with van der Waals surface area (Å²) in [6.07, 6.45) is 0. The molecular weight excluding hydrogens is 144 g/mol. The molecule has 0 heterocycles. The highest BCUT2D eigenvalue weighted by molar-refractivity contribution is 7.05. The highest BCUT2D eigenvalue weighted by Gasteiger charge is 1.76. The molecular formula is C4H11ClO2Si. The van der Waals surface area contributed by atoms with E-state index in [2.05, 4.69) is 13.1 Å². The van der Waals surface area contributed by atoms with Gasteiger partial charge in [0.05, 0.1) is 0 Å². The van der Waals surface area contributed by atoms with Gasteiger partial charge in [0.15, 0.2) is 0 Å². The van der Waals surface area contributed by atoms with E-state index in [-0.39, 0.29) is 0 Å². The van der Waals surface area contributed by atoms with Crippen molar-refractivity contribution in [1.82, 2.24) is 0 Å². The predicted molar refractivity (Wildman–Crippen MR) is 38.0 cm³/mol. The normalized spacial score (nSPS) is 7.62. The van der Waals surface area contributed by atoms with Crippen molar-refractivity contribution in [2.24, 2.45) is 0 Å². The molecule has 0 saturated carbocycles. The van der Waals surface area contributed by atoms with E-state index in [9.17, 15) is 0 Å². The van der Waals surface area contributed by atoms with E-state index in [0.29, 0.717) is 0 Å². The molecule has 0 unspecified atom stereocenters. The van der Waals surface area contributed by atoms with Crippen LogP contribution in [0.5, 0.6) is 0 Å². The van der Waals surface area contributed by atoms with Crippen LogP contribution in [-0.2, 0) is 4.79 Å². The van der Waals surface area contributed by atoms with E-state index in [1.807, 2.05) is 0 Å². The summed E-state index contributed by atoms with van der Waals surface area (Å²) < 4.78 is 0. The van der Waals surface area contributed by atoms with Crippen molar-refractivity contribution in [2.75, 3.05) is 0 Å². The molecule has 0 rings (SSSR count). The molecule has 0 aliphatic carbocycles. The molecule has 0 spiro atoms. The summed E-state index contributed by atoms with van der Waals surface area (Å²) in [6, 6.07) is 0. The molecule has 1 N–H and O–H groups in total. The molecule has 0 bridgehead atoms. The van der Waals surface area contributed by atoms with E-state index >= 15 is 0 Å². The van der Waals surface area contributed by atoms with Crippen molar-refractivity contribution in [2.45, 2.75) is 20.0 Å². The Bertz CT molecular complexity index is 58.3. The number of aliphatic carboxylic acids is 1. The lowest BCUT2D eigenvalue weighted by molar-refractivity contribution is -0.134. The maximum Gasteiger partial charge on any atom is 0.300 e. The van der Waals surface area contributed by atoms with E-state index < -0.39 is 14.1 Å². The average molecular weight is 155 g/mol. The van der Waals surface area contributed by atoms with Gasteiger partial charge in [-0.1, -0.05) is 13.1 Å². The third-order valence-electron chi connectivity index (χ3n) is 0. The van der Waals surface area contributed by atoms with Crippen LogP contribution >= 0.6 is 11.1 Å². The highest BCUT2D eigenvalue weighted by atomic mass is 35.6. The third kappa shape index (κ3) is 277000. The smallest absolute Gasteiger partial charge is 0.300 e. The fourth-order valence-corrected chi connectivity index (χ4v) is 0. The second kappa shape index (κ2) is 6.98. The van der Waals surface area contributed by atoms with Crippen LogP contribution in [0.4, 0.5) is 0 Å². The minimum Gasteiger partial charge on any atom is -0.481 e. The Balaban J connectivity index is 0. The van der Waals surface area contributed by atoms with Crippen LogP contribution in [-0.4, -0.2) is 19.2 Å².